The smallest absolute Gasteiger partial charge is 0.303 e. The molecule has 0 radical (unpaired) electrons. The van der Waals surface area contributed by atoms with Gasteiger partial charge in [-0.05, 0) is 31.7 Å². The van der Waals surface area contributed by atoms with Gasteiger partial charge >= 0.3 is 6.18 Å². The van der Waals surface area contributed by atoms with Gasteiger partial charge in [-0.2, -0.15) is 13.2 Å². The Morgan fingerprint density at radius 2 is 1.85 bits per heavy atom. The van der Waals surface area contributed by atoms with Crippen LogP contribution in [-0.4, -0.2) is 18.3 Å². The lowest BCUT2D eigenvalue weighted by Crippen LogP contribution is -2.62. The Balaban J connectivity index is 2.51. The van der Waals surface area contributed by atoms with Crippen LogP contribution < -0.4 is 5.32 Å². The van der Waals surface area contributed by atoms with Crippen molar-refractivity contribution >= 4 is 0 Å². The number of hydrogen-bond acceptors (Lipinski definition) is 1. The molecule has 1 N–H and O–H groups in total. The van der Waals surface area contributed by atoms with Crippen molar-refractivity contribution in [3.05, 3.63) is 0 Å². The molecule has 0 atom stereocenters. The van der Waals surface area contributed by atoms with Gasteiger partial charge in [-0.25, -0.2) is 0 Å². The van der Waals surface area contributed by atoms with Crippen LogP contribution in [0.15, 0.2) is 0 Å². The summed E-state index contributed by atoms with van der Waals surface area (Å²) in [5, 5.41) is 2.65. The highest BCUT2D eigenvalue weighted by molar-refractivity contribution is 5.01. The van der Waals surface area contributed by atoms with Gasteiger partial charge in [0.2, 0.25) is 0 Å². The SMILES string of the molecule is CC(C)CNC1(C(F)(F)F)CCC1. The first-order chi connectivity index (χ1) is 5.87. The zero-order valence-electron chi connectivity index (χ0n) is 8.04. The summed E-state index contributed by atoms with van der Waals surface area (Å²) < 4.78 is 37.6. The van der Waals surface area contributed by atoms with E-state index in [0.717, 1.165) is 0 Å². The molecule has 1 saturated carbocycles. The van der Waals surface area contributed by atoms with E-state index in [1.165, 1.54) is 0 Å². The van der Waals surface area contributed by atoms with Gasteiger partial charge in [-0.3, -0.25) is 0 Å². The molecule has 0 spiro atoms. The molecule has 0 saturated heterocycles. The number of alkyl halides is 3. The summed E-state index contributed by atoms with van der Waals surface area (Å²) in [7, 11) is 0. The monoisotopic (exact) mass is 195 g/mol. The molecule has 1 aliphatic rings. The Bertz CT molecular complexity index is 170. The molecule has 1 fully saturated rings. The highest BCUT2D eigenvalue weighted by Crippen LogP contribution is 2.45. The van der Waals surface area contributed by atoms with Crippen LogP contribution in [0.2, 0.25) is 0 Å². The maximum Gasteiger partial charge on any atom is 0.406 e. The summed E-state index contributed by atoms with van der Waals surface area (Å²) in [6.45, 7) is 4.27. The van der Waals surface area contributed by atoms with Crippen molar-refractivity contribution in [3.63, 3.8) is 0 Å². The van der Waals surface area contributed by atoms with Gasteiger partial charge in [0.25, 0.3) is 0 Å². The third-order valence-electron chi connectivity index (χ3n) is 2.60. The minimum absolute atomic E-state index is 0.239. The molecule has 0 aliphatic heterocycles. The Kier molecular flexibility index (Phi) is 2.90. The minimum atomic E-state index is -4.08. The zero-order valence-corrected chi connectivity index (χ0v) is 8.04. The van der Waals surface area contributed by atoms with E-state index in [2.05, 4.69) is 5.32 Å². The van der Waals surface area contributed by atoms with E-state index in [0.29, 0.717) is 13.0 Å². The molecule has 78 valence electrons. The third kappa shape index (κ3) is 2.16. The molecule has 1 rings (SSSR count). The lowest BCUT2D eigenvalue weighted by molar-refractivity contribution is -0.219. The van der Waals surface area contributed by atoms with Gasteiger partial charge in [-0.15, -0.1) is 0 Å². The van der Waals surface area contributed by atoms with E-state index in [1.54, 1.807) is 0 Å². The molecule has 0 aromatic heterocycles. The number of hydrogen-bond donors (Lipinski definition) is 1. The molecule has 0 unspecified atom stereocenters. The molecule has 4 heteroatoms. The van der Waals surface area contributed by atoms with Crippen LogP contribution in [0.25, 0.3) is 0 Å². The van der Waals surface area contributed by atoms with Crippen molar-refractivity contribution in [3.8, 4) is 0 Å². The summed E-state index contributed by atoms with van der Waals surface area (Å²) in [5.41, 5.74) is -1.56. The predicted octanol–water partition coefficient (Wildman–Crippen LogP) is 2.72. The average molecular weight is 195 g/mol. The average Bonchev–Trinajstić information content (AvgIpc) is 1.80. The molecule has 0 aromatic rings. The largest absolute Gasteiger partial charge is 0.406 e. The topological polar surface area (TPSA) is 12.0 Å². The maximum absolute atomic E-state index is 12.5. The molecule has 0 bridgehead atoms. The highest BCUT2D eigenvalue weighted by Gasteiger charge is 2.57. The van der Waals surface area contributed by atoms with Gasteiger partial charge in [-0.1, -0.05) is 13.8 Å². The number of rotatable bonds is 3. The second-order valence-electron chi connectivity index (χ2n) is 4.21. The van der Waals surface area contributed by atoms with Gasteiger partial charge in [0.05, 0.1) is 0 Å². The van der Waals surface area contributed by atoms with Crippen molar-refractivity contribution in [1.82, 2.24) is 5.32 Å². The Morgan fingerprint density at radius 1 is 1.31 bits per heavy atom. The maximum atomic E-state index is 12.5. The van der Waals surface area contributed by atoms with Crippen molar-refractivity contribution in [2.75, 3.05) is 6.54 Å². The minimum Gasteiger partial charge on any atom is -0.303 e. The molecular weight excluding hydrogens is 179 g/mol. The zero-order chi connectivity index (χ0) is 10.1. The van der Waals surface area contributed by atoms with E-state index in [1.807, 2.05) is 13.8 Å². The fourth-order valence-electron chi connectivity index (χ4n) is 1.49. The molecule has 0 amide bonds. The summed E-state index contributed by atoms with van der Waals surface area (Å²) in [5.74, 6) is 0.264. The van der Waals surface area contributed by atoms with E-state index in [4.69, 9.17) is 0 Å². The summed E-state index contributed by atoms with van der Waals surface area (Å²) in [6, 6.07) is 0. The fourth-order valence-corrected chi connectivity index (χ4v) is 1.49. The summed E-state index contributed by atoms with van der Waals surface area (Å²) >= 11 is 0. The first kappa shape index (κ1) is 10.8. The van der Waals surface area contributed by atoms with Crippen molar-refractivity contribution < 1.29 is 13.2 Å². The Hall–Kier alpha value is -0.250. The van der Waals surface area contributed by atoms with E-state index in [9.17, 15) is 13.2 Å². The fraction of sp³-hybridized carbons (Fsp3) is 1.00. The third-order valence-corrected chi connectivity index (χ3v) is 2.60. The van der Waals surface area contributed by atoms with Crippen LogP contribution in [-0.2, 0) is 0 Å². The predicted molar refractivity (Wildman–Crippen MR) is 45.5 cm³/mol. The molecular formula is C9H16F3N. The summed E-state index contributed by atoms with van der Waals surface area (Å²) in [4.78, 5) is 0. The van der Waals surface area contributed by atoms with Crippen LogP contribution in [0.5, 0.6) is 0 Å². The van der Waals surface area contributed by atoms with Gasteiger partial charge < -0.3 is 5.32 Å². The van der Waals surface area contributed by atoms with Crippen LogP contribution in [0.4, 0.5) is 13.2 Å². The molecule has 1 aliphatic carbocycles. The van der Waals surface area contributed by atoms with Crippen molar-refractivity contribution in [2.45, 2.75) is 44.8 Å². The summed E-state index contributed by atoms with van der Waals surface area (Å²) in [6.07, 6.45) is -2.92. The van der Waals surface area contributed by atoms with E-state index < -0.39 is 11.7 Å². The van der Waals surface area contributed by atoms with E-state index in [-0.39, 0.29) is 18.8 Å². The normalized spacial score (nSPS) is 21.7. The van der Waals surface area contributed by atoms with Crippen LogP contribution in [0.1, 0.15) is 33.1 Å². The number of halogens is 3. The Morgan fingerprint density at radius 3 is 2.08 bits per heavy atom. The highest BCUT2D eigenvalue weighted by atomic mass is 19.4. The lowest BCUT2D eigenvalue weighted by atomic mass is 9.76. The quantitative estimate of drug-likeness (QED) is 0.730. The second kappa shape index (κ2) is 3.48. The molecule has 13 heavy (non-hydrogen) atoms. The molecule has 0 heterocycles. The first-order valence-electron chi connectivity index (χ1n) is 4.69. The first-order valence-corrected chi connectivity index (χ1v) is 4.69. The van der Waals surface area contributed by atoms with Crippen LogP contribution >= 0.6 is 0 Å². The van der Waals surface area contributed by atoms with Gasteiger partial charge in [0.15, 0.2) is 0 Å². The molecule has 0 aromatic carbocycles. The van der Waals surface area contributed by atoms with Gasteiger partial charge in [0.1, 0.15) is 5.54 Å². The van der Waals surface area contributed by atoms with Crippen molar-refractivity contribution in [2.24, 2.45) is 5.92 Å². The number of nitrogens with one attached hydrogen (secondary N) is 1. The molecule has 1 nitrogen and oxygen atoms in total. The lowest BCUT2D eigenvalue weighted by Gasteiger charge is -2.44. The second-order valence-corrected chi connectivity index (χ2v) is 4.21. The standard InChI is InChI=1S/C9H16F3N/c1-7(2)6-13-8(4-3-5-8)9(10,11)12/h7,13H,3-6H2,1-2H3. The van der Waals surface area contributed by atoms with Gasteiger partial charge in [0, 0.05) is 0 Å². The Labute approximate surface area is 76.7 Å². The van der Waals surface area contributed by atoms with E-state index >= 15 is 0 Å². The van der Waals surface area contributed by atoms with Crippen molar-refractivity contribution in [1.29, 1.82) is 0 Å². The van der Waals surface area contributed by atoms with Crippen LogP contribution in [0.3, 0.4) is 0 Å². The van der Waals surface area contributed by atoms with Crippen LogP contribution in [0, 0.1) is 5.92 Å².